The average molecular weight is 413 g/mol. The molecule has 0 unspecified atom stereocenters. The number of likely N-dealkylation sites (tertiary alicyclic amines) is 1. The topological polar surface area (TPSA) is 81.5 Å². The number of anilines is 1. The lowest BCUT2D eigenvalue weighted by Crippen LogP contribution is -2.39. The van der Waals surface area contributed by atoms with Crippen LogP contribution < -0.4 is 14.8 Å². The monoisotopic (exact) mass is 413 g/mol. The molecule has 8 nitrogen and oxygen atoms in total. The van der Waals surface area contributed by atoms with Gasteiger partial charge in [0.05, 0.1) is 32.3 Å². The highest BCUT2D eigenvalue weighted by atomic mass is 19.1. The fourth-order valence-corrected chi connectivity index (χ4v) is 3.82. The van der Waals surface area contributed by atoms with Gasteiger partial charge in [-0.1, -0.05) is 5.21 Å². The van der Waals surface area contributed by atoms with E-state index in [4.69, 9.17) is 9.47 Å². The molecular weight excluding hydrogens is 389 g/mol. The minimum atomic E-state index is -0.315. The van der Waals surface area contributed by atoms with Gasteiger partial charge in [0.25, 0.3) is 0 Å². The Bertz CT molecular complexity index is 1050. The zero-order valence-electron chi connectivity index (χ0n) is 17.0. The third kappa shape index (κ3) is 4.20. The summed E-state index contributed by atoms with van der Waals surface area (Å²) in [5, 5.41) is 11.2. The van der Waals surface area contributed by atoms with Crippen LogP contribution in [0.25, 0.3) is 11.0 Å². The highest BCUT2D eigenvalue weighted by Gasteiger charge is 2.24. The van der Waals surface area contributed by atoms with Crippen molar-refractivity contribution < 1.29 is 18.7 Å². The number of nitrogens with zero attached hydrogens (tertiary/aromatic N) is 4. The van der Waals surface area contributed by atoms with Crippen molar-refractivity contribution in [2.45, 2.75) is 18.9 Å². The zero-order chi connectivity index (χ0) is 21.1. The Morgan fingerprint density at radius 1 is 1.13 bits per heavy atom. The molecule has 1 aliphatic heterocycles. The normalized spacial score (nSPS) is 15.3. The maximum Gasteiger partial charge on any atom is 0.238 e. The standard InChI is InChI=1S/C21H24FN5O3/c1-29-19-6-4-15(12-20(19)30-2)23-21(28)13-26-9-7-16(8-10-26)27-18-5-3-14(22)11-17(18)24-25-27/h3-6,11-12,16H,7-10,13H2,1-2H3,(H,23,28). The van der Waals surface area contributed by atoms with Gasteiger partial charge in [0.15, 0.2) is 11.5 Å². The number of halogens is 1. The van der Waals surface area contributed by atoms with E-state index < -0.39 is 0 Å². The number of methoxy groups -OCH3 is 2. The molecule has 4 rings (SSSR count). The third-order valence-electron chi connectivity index (χ3n) is 5.37. The number of nitrogens with one attached hydrogen (secondary N) is 1. The van der Waals surface area contributed by atoms with Gasteiger partial charge in [-0.25, -0.2) is 9.07 Å². The number of fused-ring (bicyclic) bond motifs is 1. The van der Waals surface area contributed by atoms with E-state index in [0.29, 0.717) is 29.2 Å². The minimum Gasteiger partial charge on any atom is -0.493 e. The van der Waals surface area contributed by atoms with E-state index in [9.17, 15) is 9.18 Å². The van der Waals surface area contributed by atoms with E-state index in [0.717, 1.165) is 31.4 Å². The van der Waals surface area contributed by atoms with E-state index in [1.807, 2.05) is 4.68 Å². The van der Waals surface area contributed by atoms with Crippen LogP contribution in [0.2, 0.25) is 0 Å². The van der Waals surface area contributed by atoms with Crippen molar-refractivity contribution in [1.82, 2.24) is 19.9 Å². The molecule has 0 spiro atoms. The fourth-order valence-electron chi connectivity index (χ4n) is 3.82. The number of rotatable bonds is 6. The first-order valence-electron chi connectivity index (χ1n) is 9.82. The molecule has 0 atom stereocenters. The number of ether oxygens (including phenoxy) is 2. The largest absolute Gasteiger partial charge is 0.493 e. The van der Waals surface area contributed by atoms with Crippen molar-refractivity contribution in [3.63, 3.8) is 0 Å². The van der Waals surface area contributed by atoms with Crippen molar-refractivity contribution >= 4 is 22.6 Å². The lowest BCUT2D eigenvalue weighted by molar-refractivity contribution is -0.117. The second-order valence-electron chi connectivity index (χ2n) is 7.29. The molecule has 1 amide bonds. The number of hydrogen-bond acceptors (Lipinski definition) is 6. The summed E-state index contributed by atoms with van der Waals surface area (Å²) in [5.41, 5.74) is 2.06. The van der Waals surface area contributed by atoms with Gasteiger partial charge in [0.1, 0.15) is 11.3 Å². The Hall–Kier alpha value is -3.20. The van der Waals surface area contributed by atoms with Gasteiger partial charge in [-0.2, -0.15) is 0 Å². The van der Waals surface area contributed by atoms with Crippen LogP contribution in [0, 0.1) is 5.82 Å². The molecule has 0 bridgehead atoms. The maximum atomic E-state index is 13.4. The predicted molar refractivity (Wildman–Crippen MR) is 110 cm³/mol. The summed E-state index contributed by atoms with van der Waals surface area (Å²) in [6.45, 7) is 1.85. The molecule has 0 saturated carbocycles. The Morgan fingerprint density at radius 3 is 2.63 bits per heavy atom. The van der Waals surface area contributed by atoms with Crippen molar-refractivity contribution in [1.29, 1.82) is 0 Å². The molecule has 1 saturated heterocycles. The summed E-state index contributed by atoms with van der Waals surface area (Å²) < 4.78 is 25.7. The number of carbonyl (C=O) groups is 1. The summed E-state index contributed by atoms with van der Waals surface area (Å²) in [7, 11) is 3.13. The molecule has 2 heterocycles. The number of benzene rings is 2. The summed E-state index contributed by atoms with van der Waals surface area (Å²) in [5.74, 6) is 0.782. The van der Waals surface area contributed by atoms with Gasteiger partial charge >= 0.3 is 0 Å². The molecular formula is C21H24FN5O3. The SMILES string of the molecule is COc1ccc(NC(=O)CN2CCC(n3nnc4cc(F)ccc43)CC2)cc1OC. The summed E-state index contributed by atoms with van der Waals surface area (Å²) in [6.07, 6.45) is 1.69. The molecule has 9 heteroatoms. The highest BCUT2D eigenvalue weighted by molar-refractivity contribution is 5.92. The van der Waals surface area contributed by atoms with E-state index in [1.165, 1.54) is 12.1 Å². The molecule has 0 radical (unpaired) electrons. The van der Waals surface area contributed by atoms with Crippen LogP contribution in [0.5, 0.6) is 11.5 Å². The molecule has 0 aliphatic carbocycles. The second-order valence-corrected chi connectivity index (χ2v) is 7.29. The van der Waals surface area contributed by atoms with Gasteiger partial charge in [0, 0.05) is 30.9 Å². The Labute approximate surface area is 173 Å². The predicted octanol–water partition coefficient (Wildman–Crippen LogP) is 2.86. The van der Waals surface area contributed by atoms with Crippen LogP contribution in [0.15, 0.2) is 36.4 Å². The van der Waals surface area contributed by atoms with Crippen molar-refractivity contribution in [3.8, 4) is 11.5 Å². The Morgan fingerprint density at radius 2 is 1.90 bits per heavy atom. The van der Waals surface area contributed by atoms with Crippen LogP contribution in [0.3, 0.4) is 0 Å². The van der Waals surface area contributed by atoms with E-state index >= 15 is 0 Å². The first kappa shape index (κ1) is 20.1. The minimum absolute atomic E-state index is 0.0812. The smallest absolute Gasteiger partial charge is 0.238 e. The molecule has 2 aromatic carbocycles. The first-order valence-corrected chi connectivity index (χ1v) is 9.82. The quantitative estimate of drug-likeness (QED) is 0.669. The van der Waals surface area contributed by atoms with Crippen LogP contribution in [0.1, 0.15) is 18.9 Å². The van der Waals surface area contributed by atoms with Gasteiger partial charge in [0.2, 0.25) is 5.91 Å². The second kappa shape index (κ2) is 8.66. The number of aromatic nitrogens is 3. The van der Waals surface area contributed by atoms with Crippen molar-refractivity contribution in [2.24, 2.45) is 0 Å². The van der Waals surface area contributed by atoms with Crippen LogP contribution >= 0.6 is 0 Å². The van der Waals surface area contributed by atoms with Crippen LogP contribution in [-0.4, -0.2) is 59.7 Å². The van der Waals surface area contributed by atoms with E-state index in [-0.39, 0.29) is 17.8 Å². The summed E-state index contributed by atoms with van der Waals surface area (Å²) in [6, 6.07) is 10.0. The molecule has 1 aromatic heterocycles. The van der Waals surface area contributed by atoms with Gasteiger partial charge in [-0.15, -0.1) is 5.10 Å². The highest BCUT2D eigenvalue weighted by Crippen LogP contribution is 2.30. The van der Waals surface area contributed by atoms with Gasteiger partial charge in [-0.3, -0.25) is 9.69 Å². The molecule has 1 N–H and O–H groups in total. The van der Waals surface area contributed by atoms with Crippen molar-refractivity contribution in [2.75, 3.05) is 39.2 Å². The summed E-state index contributed by atoms with van der Waals surface area (Å²) in [4.78, 5) is 14.6. The molecule has 158 valence electrons. The Kier molecular flexibility index (Phi) is 5.80. The van der Waals surface area contributed by atoms with Gasteiger partial charge in [-0.05, 0) is 37.1 Å². The van der Waals surface area contributed by atoms with E-state index in [1.54, 1.807) is 38.5 Å². The lowest BCUT2D eigenvalue weighted by atomic mass is 10.0. The summed E-state index contributed by atoms with van der Waals surface area (Å²) >= 11 is 0. The Balaban J connectivity index is 1.32. The molecule has 1 fully saturated rings. The average Bonchev–Trinajstić information content (AvgIpc) is 3.17. The third-order valence-corrected chi connectivity index (χ3v) is 5.37. The van der Waals surface area contributed by atoms with Crippen LogP contribution in [-0.2, 0) is 4.79 Å². The maximum absolute atomic E-state index is 13.4. The number of piperidine rings is 1. The van der Waals surface area contributed by atoms with E-state index in [2.05, 4.69) is 20.5 Å². The molecule has 1 aliphatic rings. The zero-order valence-corrected chi connectivity index (χ0v) is 17.0. The number of carbonyl (C=O) groups excluding carboxylic acids is 1. The lowest BCUT2D eigenvalue weighted by Gasteiger charge is -2.31. The molecule has 30 heavy (non-hydrogen) atoms. The fraction of sp³-hybridized carbons (Fsp3) is 0.381. The number of hydrogen-bond donors (Lipinski definition) is 1. The van der Waals surface area contributed by atoms with Crippen molar-refractivity contribution in [3.05, 3.63) is 42.2 Å². The number of amides is 1. The molecule has 3 aromatic rings. The van der Waals surface area contributed by atoms with Gasteiger partial charge < -0.3 is 14.8 Å². The first-order chi connectivity index (χ1) is 14.6. The van der Waals surface area contributed by atoms with Crippen LogP contribution in [0.4, 0.5) is 10.1 Å².